The third-order valence-corrected chi connectivity index (χ3v) is 2.39. The van der Waals surface area contributed by atoms with Crippen LogP contribution in [0.5, 0.6) is 0 Å². The lowest BCUT2D eigenvalue weighted by molar-refractivity contribution is -0.172. The van der Waals surface area contributed by atoms with Crippen LogP contribution in [-0.4, -0.2) is 25.9 Å². The van der Waals surface area contributed by atoms with Crippen molar-refractivity contribution in [2.45, 2.75) is 6.18 Å². The maximum atomic E-state index is 11.7. The summed E-state index contributed by atoms with van der Waals surface area (Å²) >= 11 is 3.31. The quantitative estimate of drug-likeness (QED) is 0.841. The number of nitrogens with one attached hydrogen (secondary N) is 1. The molecule has 2 nitrogen and oxygen atoms in total. The van der Waals surface area contributed by atoms with E-state index in [4.69, 9.17) is 0 Å². The van der Waals surface area contributed by atoms with Gasteiger partial charge >= 0.3 is 6.18 Å². The molecule has 1 rings (SSSR count). The summed E-state index contributed by atoms with van der Waals surface area (Å²) in [4.78, 5) is 0. The number of benzene rings is 1. The van der Waals surface area contributed by atoms with Crippen LogP contribution in [0.25, 0.3) is 0 Å². The van der Waals surface area contributed by atoms with Gasteiger partial charge in [0.1, 0.15) is 6.61 Å². The van der Waals surface area contributed by atoms with E-state index in [1.54, 1.807) is 0 Å². The first-order valence-corrected chi connectivity index (χ1v) is 5.41. The highest BCUT2D eigenvalue weighted by atomic mass is 79.9. The van der Waals surface area contributed by atoms with E-state index in [0.717, 1.165) is 10.2 Å². The predicted octanol–water partition coefficient (Wildman–Crippen LogP) is 3.44. The Morgan fingerprint density at radius 1 is 1.25 bits per heavy atom. The van der Waals surface area contributed by atoms with Crippen molar-refractivity contribution < 1.29 is 17.9 Å². The second-order valence-corrected chi connectivity index (χ2v) is 3.93. The maximum absolute atomic E-state index is 11.7. The van der Waals surface area contributed by atoms with Gasteiger partial charge in [-0.25, -0.2) is 0 Å². The fourth-order valence-electron chi connectivity index (χ4n) is 1.05. The molecular formula is C10H11BrF3NO. The van der Waals surface area contributed by atoms with Crippen molar-refractivity contribution in [2.24, 2.45) is 0 Å². The SMILES string of the molecule is FC(F)(F)COCCNc1ccccc1Br. The molecule has 0 aromatic heterocycles. The van der Waals surface area contributed by atoms with Crippen molar-refractivity contribution in [1.29, 1.82) is 0 Å². The average Bonchev–Trinajstić information content (AvgIpc) is 2.18. The molecule has 0 bridgehead atoms. The topological polar surface area (TPSA) is 21.3 Å². The molecule has 0 heterocycles. The number of halogens is 4. The van der Waals surface area contributed by atoms with E-state index in [0.29, 0.717) is 6.54 Å². The Kier molecular flexibility index (Phi) is 5.08. The number of ether oxygens (including phenoxy) is 1. The number of alkyl halides is 3. The maximum Gasteiger partial charge on any atom is 0.411 e. The number of rotatable bonds is 5. The van der Waals surface area contributed by atoms with E-state index in [1.807, 2.05) is 24.3 Å². The minimum atomic E-state index is -4.26. The molecule has 1 N–H and O–H groups in total. The van der Waals surface area contributed by atoms with Crippen LogP contribution in [0.15, 0.2) is 28.7 Å². The lowest BCUT2D eigenvalue weighted by atomic mass is 10.3. The molecular weight excluding hydrogens is 287 g/mol. The van der Waals surface area contributed by atoms with Crippen LogP contribution in [0.4, 0.5) is 18.9 Å². The van der Waals surface area contributed by atoms with Gasteiger partial charge in [0.05, 0.1) is 6.61 Å². The highest BCUT2D eigenvalue weighted by Crippen LogP contribution is 2.20. The Labute approximate surface area is 99.9 Å². The van der Waals surface area contributed by atoms with Crippen LogP contribution < -0.4 is 5.32 Å². The first-order chi connectivity index (χ1) is 7.49. The Bertz CT molecular complexity index is 330. The molecule has 16 heavy (non-hydrogen) atoms. The molecule has 0 unspecified atom stereocenters. The van der Waals surface area contributed by atoms with Crippen molar-refractivity contribution in [3.05, 3.63) is 28.7 Å². The molecule has 1 aromatic rings. The van der Waals surface area contributed by atoms with Gasteiger partial charge in [-0.3, -0.25) is 0 Å². The van der Waals surface area contributed by atoms with E-state index in [-0.39, 0.29) is 6.61 Å². The minimum absolute atomic E-state index is 0.0147. The summed E-state index contributed by atoms with van der Waals surface area (Å²) in [5.41, 5.74) is 0.832. The van der Waals surface area contributed by atoms with Gasteiger partial charge in [-0.05, 0) is 28.1 Å². The summed E-state index contributed by atoms with van der Waals surface area (Å²) in [5.74, 6) is 0. The van der Waals surface area contributed by atoms with E-state index in [2.05, 4.69) is 26.0 Å². The van der Waals surface area contributed by atoms with E-state index >= 15 is 0 Å². The molecule has 0 amide bonds. The van der Waals surface area contributed by atoms with E-state index < -0.39 is 12.8 Å². The minimum Gasteiger partial charge on any atom is -0.382 e. The monoisotopic (exact) mass is 297 g/mol. The molecule has 90 valence electrons. The lowest BCUT2D eigenvalue weighted by Crippen LogP contribution is -2.20. The fraction of sp³-hybridized carbons (Fsp3) is 0.400. The van der Waals surface area contributed by atoms with E-state index in [9.17, 15) is 13.2 Å². The van der Waals surface area contributed by atoms with Gasteiger partial charge in [-0.1, -0.05) is 12.1 Å². The summed E-state index contributed by atoms with van der Waals surface area (Å²) in [7, 11) is 0. The van der Waals surface area contributed by atoms with Crippen molar-refractivity contribution in [2.75, 3.05) is 25.1 Å². The first-order valence-electron chi connectivity index (χ1n) is 4.62. The van der Waals surface area contributed by atoms with Gasteiger partial charge in [0, 0.05) is 16.7 Å². The molecule has 0 aliphatic rings. The zero-order valence-electron chi connectivity index (χ0n) is 8.35. The summed E-state index contributed by atoms with van der Waals surface area (Å²) in [5, 5.41) is 2.96. The highest BCUT2D eigenvalue weighted by Gasteiger charge is 2.27. The Morgan fingerprint density at radius 2 is 1.94 bits per heavy atom. The standard InChI is InChI=1S/C10H11BrF3NO/c11-8-3-1-2-4-9(8)15-5-6-16-7-10(12,13)14/h1-4,15H,5-7H2. The van der Waals surface area contributed by atoms with Crippen LogP contribution in [0.2, 0.25) is 0 Å². The normalized spacial score (nSPS) is 11.5. The van der Waals surface area contributed by atoms with E-state index in [1.165, 1.54) is 0 Å². The average molecular weight is 298 g/mol. The molecule has 0 radical (unpaired) electrons. The van der Waals surface area contributed by atoms with Crippen LogP contribution in [0.1, 0.15) is 0 Å². The predicted molar refractivity (Wildman–Crippen MR) is 59.5 cm³/mol. The van der Waals surface area contributed by atoms with Gasteiger partial charge in [-0.2, -0.15) is 13.2 Å². The summed E-state index contributed by atoms with van der Waals surface area (Å²) in [6.07, 6.45) is -4.26. The van der Waals surface area contributed by atoms with Crippen molar-refractivity contribution in [3.63, 3.8) is 0 Å². The molecule has 0 atom stereocenters. The number of hydrogen-bond donors (Lipinski definition) is 1. The van der Waals surface area contributed by atoms with Gasteiger partial charge in [0.15, 0.2) is 0 Å². The third-order valence-electron chi connectivity index (χ3n) is 1.70. The fourth-order valence-corrected chi connectivity index (χ4v) is 1.48. The molecule has 1 aromatic carbocycles. The molecule has 0 saturated heterocycles. The second kappa shape index (κ2) is 6.10. The second-order valence-electron chi connectivity index (χ2n) is 3.07. The lowest BCUT2D eigenvalue weighted by Gasteiger charge is -2.10. The van der Waals surface area contributed by atoms with Gasteiger partial charge in [-0.15, -0.1) is 0 Å². The molecule has 0 spiro atoms. The highest BCUT2D eigenvalue weighted by molar-refractivity contribution is 9.10. The summed E-state index contributed by atoms with van der Waals surface area (Å²) < 4.78 is 40.5. The Balaban J connectivity index is 2.19. The van der Waals surface area contributed by atoms with Crippen LogP contribution >= 0.6 is 15.9 Å². The summed E-state index contributed by atoms with van der Waals surface area (Å²) in [6.45, 7) is -0.857. The number of anilines is 1. The largest absolute Gasteiger partial charge is 0.411 e. The molecule has 0 saturated carbocycles. The van der Waals surface area contributed by atoms with Crippen molar-refractivity contribution >= 4 is 21.6 Å². The Morgan fingerprint density at radius 3 is 2.56 bits per heavy atom. The van der Waals surface area contributed by atoms with Crippen LogP contribution in [0, 0.1) is 0 Å². The van der Waals surface area contributed by atoms with Crippen molar-refractivity contribution in [3.8, 4) is 0 Å². The molecule has 0 aliphatic heterocycles. The van der Waals surface area contributed by atoms with Gasteiger partial charge in [0.25, 0.3) is 0 Å². The van der Waals surface area contributed by atoms with Crippen molar-refractivity contribution in [1.82, 2.24) is 0 Å². The zero-order chi connectivity index (χ0) is 12.0. The first kappa shape index (κ1) is 13.3. The van der Waals surface area contributed by atoms with Crippen LogP contribution in [0.3, 0.4) is 0 Å². The smallest absolute Gasteiger partial charge is 0.382 e. The molecule has 6 heteroatoms. The van der Waals surface area contributed by atoms with Crippen LogP contribution in [-0.2, 0) is 4.74 Å². The zero-order valence-corrected chi connectivity index (χ0v) is 9.94. The van der Waals surface area contributed by atoms with Gasteiger partial charge < -0.3 is 10.1 Å². The third kappa shape index (κ3) is 5.37. The molecule has 0 aliphatic carbocycles. The Hall–Kier alpha value is -0.750. The van der Waals surface area contributed by atoms with Gasteiger partial charge in [0.2, 0.25) is 0 Å². The number of para-hydroxylation sites is 1. The number of hydrogen-bond acceptors (Lipinski definition) is 2. The summed E-state index contributed by atoms with van der Waals surface area (Å²) in [6, 6.07) is 7.37. The molecule has 0 fully saturated rings.